The maximum atomic E-state index is 9.49. The molecule has 1 fully saturated rings. The predicted molar refractivity (Wildman–Crippen MR) is 69.5 cm³/mol. The maximum Gasteiger partial charge on any atom is 0.0499 e. The monoisotopic (exact) mass is 227 g/mol. The predicted octanol–water partition coefficient (Wildman–Crippen LogP) is 2.95. The minimum atomic E-state index is 0.105. The molecule has 0 aliphatic heterocycles. The Kier molecular flexibility index (Phi) is 5.77. The Morgan fingerprint density at radius 1 is 1.31 bits per heavy atom. The van der Waals surface area contributed by atoms with Crippen molar-refractivity contribution in [3.8, 4) is 0 Å². The molecule has 0 saturated heterocycles. The number of aliphatic hydroxyl groups is 1. The lowest BCUT2D eigenvalue weighted by Gasteiger charge is -2.33. The molecule has 0 amide bonds. The fraction of sp³-hybridized carbons (Fsp3) is 1.00. The zero-order valence-electron chi connectivity index (χ0n) is 11.3. The van der Waals surface area contributed by atoms with Crippen molar-refractivity contribution in [2.45, 2.75) is 65.3 Å². The van der Waals surface area contributed by atoms with E-state index < -0.39 is 0 Å². The average Bonchev–Trinajstić information content (AvgIpc) is 2.26. The summed E-state index contributed by atoms with van der Waals surface area (Å²) in [5.41, 5.74) is 0.105. The normalized spacial score (nSPS) is 19.5. The molecule has 0 aromatic carbocycles. The Balaban J connectivity index is 2.24. The molecule has 0 aromatic heterocycles. The first-order valence-corrected chi connectivity index (χ1v) is 7.00. The van der Waals surface area contributed by atoms with Gasteiger partial charge in [0, 0.05) is 24.6 Å². The van der Waals surface area contributed by atoms with Crippen LogP contribution in [0.4, 0.5) is 0 Å². The minimum Gasteiger partial charge on any atom is -0.396 e. The van der Waals surface area contributed by atoms with E-state index in [1.807, 2.05) is 0 Å². The quantitative estimate of drug-likeness (QED) is 0.668. The van der Waals surface area contributed by atoms with Gasteiger partial charge in [-0.3, -0.25) is 0 Å². The van der Waals surface area contributed by atoms with Gasteiger partial charge in [0.05, 0.1) is 0 Å². The van der Waals surface area contributed by atoms with E-state index in [9.17, 15) is 5.11 Å². The van der Waals surface area contributed by atoms with Crippen molar-refractivity contribution in [2.24, 2.45) is 11.3 Å². The molecule has 2 N–H and O–H groups in total. The summed E-state index contributed by atoms with van der Waals surface area (Å²) < 4.78 is 0. The third-order valence-electron chi connectivity index (χ3n) is 4.57. The lowest BCUT2D eigenvalue weighted by atomic mass is 9.80. The first-order valence-electron chi connectivity index (χ1n) is 7.00. The Hall–Kier alpha value is -0.0800. The van der Waals surface area contributed by atoms with Gasteiger partial charge < -0.3 is 10.4 Å². The van der Waals surface area contributed by atoms with Crippen molar-refractivity contribution in [1.29, 1.82) is 0 Å². The topological polar surface area (TPSA) is 32.3 Å². The molecule has 0 bridgehead atoms. The Morgan fingerprint density at radius 3 is 2.31 bits per heavy atom. The van der Waals surface area contributed by atoms with Gasteiger partial charge in [-0.2, -0.15) is 0 Å². The van der Waals surface area contributed by atoms with E-state index in [0.717, 1.165) is 25.3 Å². The second kappa shape index (κ2) is 6.61. The van der Waals surface area contributed by atoms with Gasteiger partial charge in [0.25, 0.3) is 0 Å². The molecule has 16 heavy (non-hydrogen) atoms. The van der Waals surface area contributed by atoms with Crippen LogP contribution in [0.1, 0.15) is 59.3 Å². The molecular weight excluding hydrogens is 198 g/mol. The second-order valence-corrected chi connectivity index (χ2v) is 5.68. The van der Waals surface area contributed by atoms with Gasteiger partial charge in [-0.1, -0.05) is 33.1 Å². The zero-order valence-corrected chi connectivity index (χ0v) is 11.3. The van der Waals surface area contributed by atoms with Gasteiger partial charge in [0.1, 0.15) is 0 Å². The fourth-order valence-electron chi connectivity index (χ4n) is 2.48. The SMILES string of the molecule is CCC(CC)(CO)CNC(C)CC1CCC1. The van der Waals surface area contributed by atoms with E-state index in [2.05, 4.69) is 26.1 Å². The van der Waals surface area contributed by atoms with Crippen molar-refractivity contribution in [3.05, 3.63) is 0 Å². The summed E-state index contributed by atoms with van der Waals surface area (Å²) in [5, 5.41) is 13.1. The van der Waals surface area contributed by atoms with E-state index in [-0.39, 0.29) is 5.41 Å². The Morgan fingerprint density at radius 2 is 1.94 bits per heavy atom. The molecule has 1 aliphatic rings. The fourth-order valence-corrected chi connectivity index (χ4v) is 2.48. The van der Waals surface area contributed by atoms with E-state index in [1.54, 1.807) is 0 Å². The summed E-state index contributed by atoms with van der Waals surface area (Å²) in [5.74, 6) is 0.967. The second-order valence-electron chi connectivity index (χ2n) is 5.68. The summed E-state index contributed by atoms with van der Waals surface area (Å²) >= 11 is 0. The highest BCUT2D eigenvalue weighted by Gasteiger charge is 2.26. The van der Waals surface area contributed by atoms with Gasteiger partial charge >= 0.3 is 0 Å². The first-order chi connectivity index (χ1) is 7.65. The van der Waals surface area contributed by atoms with Gasteiger partial charge in [0.2, 0.25) is 0 Å². The van der Waals surface area contributed by atoms with Gasteiger partial charge in [-0.15, -0.1) is 0 Å². The van der Waals surface area contributed by atoms with E-state index >= 15 is 0 Å². The number of rotatable bonds is 8. The average molecular weight is 227 g/mol. The third kappa shape index (κ3) is 3.74. The third-order valence-corrected chi connectivity index (χ3v) is 4.57. The van der Waals surface area contributed by atoms with Crippen molar-refractivity contribution in [2.75, 3.05) is 13.2 Å². The van der Waals surface area contributed by atoms with Crippen LogP contribution in [0, 0.1) is 11.3 Å². The van der Waals surface area contributed by atoms with Crippen LogP contribution in [0.25, 0.3) is 0 Å². The number of hydrogen-bond donors (Lipinski definition) is 2. The summed E-state index contributed by atoms with van der Waals surface area (Å²) in [7, 11) is 0. The Bertz CT molecular complexity index is 177. The molecule has 0 spiro atoms. The zero-order chi connectivity index (χ0) is 12.0. The van der Waals surface area contributed by atoms with Crippen LogP contribution in [-0.2, 0) is 0 Å². The van der Waals surface area contributed by atoms with E-state index in [1.165, 1.54) is 25.7 Å². The van der Waals surface area contributed by atoms with Gasteiger partial charge in [0.15, 0.2) is 0 Å². The van der Waals surface area contributed by atoms with Crippen LogP contribution in [0.15, 0.2) is 0 Å². The largest absolute Gasteiger partial charge is 0.396 e. The lowest BCUT2D eigenvalue weighted by Crippen LogP contribution is -2.41. The molecule has 0 radical (unpaired) electrons. The summed E-state index contributed by atoms with van der Waals surface area (Å²) in [6.45, 7) is 7.91. The molecule has 1 unspecified atom stereocenters. The van der Waals surface area contributed by atoms with E-state index in [4.69, 9.17) is 0 Å². The molecule has 0 aromatic rings. The van der Waals surface area contributed by atoms with Crippen molar-refractivity contribution < 1.29 is 5.11 Å². The molecule has 1 aliphatic carbocycles. The van der Waals surface area contributed by atoms with E-state index in [0.29, 0.717) is 12.6 Å². The lowest BCUT2D eigenvalue weighted by molar-refractivity contribution is 0.108. The van der Waals surface area contributed by atoms with Crippen LogP contribution in [-0.4, -0.2) is 24.3 Å². The molecule has 1 rings (SSSR count). The van der Waals surface area contributed by atoms with Crippen LogP contribution in [0.5, 0.6) is 0 Å². The Labute approximate surface area is 101 Å². The van der Waals surface area contributed by atoms with Crippen LogP contribution < -0.4 is 5.32 Å². The maximum absolute atomic E-state index is 9.49. The molecule has 1 atom stereocenters. The van der Waals surface area contributed by atoms with Crippen LogP contribution in [0.3, 0.4) is 0 Å². The summed E-state index contributed by atoms with van der Waals surface area (Å²) in [6, 6.07) is 0.606. The molecule has 1 saturated carbocycles. The number of hydrogen-bond acceptors (Lipinski definition) is 2. The smallest absolute Gasteiger partial charge is 0.0499 e. The summed E-state index contributed by atoms with van der Waals surface area (Å²) in [4.78, 5) is 0. The van der Waals surface area contributed by atoms with Gasteiger partial charge in [-0.05, 0) is 32.1 Å². The minimum absolute atomic E-state index is 0.105. The standard InChI is InChI=1S/C14H29NO/c1-4-14(5-2,11-16)10-15-12(3)9-13-7-6-8-13/h12-13,15-16H,4-11H2,1-3H3. The van der Waals surface area contributed by atoms with Crippen molar-refractivity contribution >= 4 is 0 Å². The number of nitrogens with one attached hydrogen (secondary N) is 1. The van der Waals surface area contributed by atoms with Crippen LogP contribution in [0.2, 0.25) is 0 Å². The molecule has 2 nitrogen and oxygen atoms in total. The highest BCUT2D eigenvalue weighted by atomic mass is 16.3. The number of aliphatic hydroxyl groups excluding tert-OH is 1. The highest BCUT2D eigenvalue weighted by Crippen LogP contribution is 2.31. The first kappa shape index (κ1) is 14.0. The molecule has 0 heterocycles. The van der Waals surface area contributed by atoms with Crippen LogP contribution >= 0.6 is 0 Å². The van der Waals surface area contributed by atoms with Gasteiger partial charge in [-0.25, -0.2) is 0 Å². The highest BCUT2D eigenvalue weighted by molar-refractivity contribution is 4.81. The van der Waals surface area contributed by atoms with Crippen molar-refractivity contribution in [1.82, 2.24) is 5.32 Å². The molecular formula is C14H29NO. The molecule has 2 heteroatoms. The summed E-state index contributed by atoms with van der Waals surface area (Å²) in [6.07, 6.45) is 7.72. The molecule has 96 valence electrons. The van der Waals surface area contributed by atoms with Crippen molar-refractivity contribution in [3.63, 3.8) is 0 Å².